The second kappa shape index (κ2) is 8.14. The number of anilines is 1. The Labute approximate surface area is 157 Å². The van der Waals surface area contributed by atoms with Crippen molar-refractivity contribution in [1.82, 2.24) is 24.9 Å². The first-order valence-corrected chi connectivity index (χ1v) is 8.73. The van der Waals surface area contributed by atoms with Crippen molar-refractivity contribution in [2.45, 2.75) is 6.42 Å². The minimum Gasteiger partial charge on any atom is -0.370 e. The van der Waals surface area contributed by atoms with Crippen LogP contribution in [0.3, 0.4) is 0 Å². The molecule has 6 heteroatoms. The zero-order valence-corrected chi connectivity index (χ0v) is 14.7. The lowest BCUT2D eigenvalue weighted by atomic mass is 10.2. The zero-order chi connectivity index (χ0) is 18.3. The second-order valence-corrected chi connectivity index (χ2v) is 5.92. The Kier molecular flexibility index (Phi) is 5.06. The van der Waals surface area contributed by atoms with Crippen molar-refractivity contribution in [2.24, 2.45) is 0 Å². The summed E-state index contributed by atoms with van der Waals surface area (Å²) in [6.45, 7) is 0.724. The van der Waals surface area contributed by atoms with E-state index in [1.54, 1.807) is 24.8 Å². The second-order valence-electron chi connectivity index (χ2n) is 5.92. The van der Waals surface area contributed by atoms with E-state index in [-0.39, 0.29) is 0 Å². The number of nitrogens with one attached hydrogen (secondary N) is 1. The molecule has 0 aromatic carbocycles. The molecule has 0 fully saturated rings. The van der Waals surface area contributed by atoms with Gasteiger partial charge < -0.3 is 5.32 Å². The Morgan fingerprint density at radius 3 is 2.41 bits per heavy atom. The standard InChI is InChI=1S/C21H18N6/c1-3-11-23-17(7-1)9-13-25-20-14-19(16-6-5-10-22-15-16)26-21(27-20)18-8-2-4-12-24-18/h1-8,10-12,14-15H,9,13H2,(H,25,26,27). The fraction of sp³-hybridized carbons (Fsp3) is 0.0952. The Morgan fingerprint density at radius 2 is 1.67 bits per heavy atom. The topological polar surface area (TPSA) is 76.5 Å². The van der Waals surface area contributed by atoms with E-state index < -0.39 is 0 Å². The van der Waals surface area contributed by atoms with Crippen LogP contribution in [0.5, 0.6) is 0 Å². The Hall–Kier alpha value is -3.67. The summed E-state index contributed by atoms with van der Waals surface area (Å²) in [4.78, 5) is 22.2. The van der Waals surface area contributed by atoms with E-state index in [4.69, 9.17) is 0 Å². The molecule has 0 radical (unpaired) electrons. The monoisotopic (exact) mass is 354 g/mol. The lowest BCUT2D eigenvalue weighted by molar-refractivity contribution is 0.951. The van der Waals surface area contributed by atoms with Gasteiger partial charge in [0.15, 0.2) is 5.82 Å². The first-order chi connectivity index (χ1) is 13.4. The van der Waals surface area contributed by atoms with E-state index in [1.165, 1.54) is 0 Å². The quantitative estimate of drug-likeness (QED) is 0.569. The first-order valence-electron chi connectivity index (χ1n) is 8.73. The normalized spacial score (nSPS) is 10.5. The lowest BCUT2D eigenvalue weighted by Gasteiger charge is -2.10. The van der Waals surface area contributed by atoms with Crippen LogP contribution in [0.2, 0.25) is 0 Å². The minimum atomic E-state index is 0.581. The van der Waals surface area contributed by atoms with Crippen LogP contribution in [-0.2, 0) is 6.42 Å². The Bertz CT molecular complexity index is 933. The maximum atomic E-state index is 4.67. The molecule has 6 nitrogen and oxygen atoms in total. The van der Waals surface area contributed by atoms with E-state index in [2.05, 4.69) is 30.2 Å². The molecule has 4 aromatic heterocycles. The smallest absolute Gasteiger partial charge is 0.180 e. The maximum Gasteiger partial charge on any atom is 0.180 e. The van der Waals surface area contributed by atoms with Gasteiger partial charge in [-0.3, -0.25) is 15.0 Å². The third kappa shape index (κ3) is 4.30. The zero-order valence-electron chi connectivity index (χ0n) is 14.7. The Morgan fingerprint density at radius 1 is 0.778 bits per heavy atom. The molecule has 0 atom stereocenters. The molecular formula is C21H18N6. The first kappa shape index (κ1) is 16.8. The van der Waals surface area contributed by atoms with Crippen LogP contribution in [0.15, 0.2) is 79.4 Å². The largest absolute Gasteiger partial charge is 0.370 e. The molecule has 0 aliphatic heterocycles. The fourth-order valence-electron chi connectivity index (χ4n) is 2.67. The number of rotatable bonds is 6. The molecular weight excluding hydrogens is 336 g/mol. The van der Waals surface area contributed by atoms with Gasteiger partial charge in [-0.25, -0.2) is 9.97 Å². The van der Waals surface area contributed by atoms with Gasteiger partial charge >= 0.3 is 0 Å². The van der Waals surface area contributed by atoms with Crippen molar-refractivity contribution >= 4 is 5.82 Å². The Balaban J connectivity index is 1.62. The highest BCUT2D eigenvalue weighted by Crippen LogP contribution is 2.22. The average molecular weight is 354 g/mol. The minimum absolute atomic E-state index is 0.581. The molecule has 132 valence electrons. The van der Waals surface area contributed by atoms with Crippen LogP contribution in [0.4, 0.5) is 5.82 Å². The molecule has 4 heterocycles. The van der Waals surface area contributed by atoms with Crippen LogP contribution in [-0.4, -0.2) is 31.5 Å². The molecule has 0 bridgehead atoms. The lowest BCUT2D eigenvalue weighted by Crippen LogP contribution is -2.08. The van der Waals surface area contributed by atoms with Crippen LogP contribution >= 0.6 is 0 Å². The molecule has 4 rings (SSSR count). The van der Waals surface area contributed by atoms with Crippen molar-refractivity contribution in [3.8, 4) is 22.8 Å². The molecule has 27 heavy (non-hydrogen) atoms. The number of hydrogen-bond acceptors (Lipinski definition) is 6. The third-order valence-electron chi connectivity index (χ3n) is 3.99. The van der Waals surface area contributed by atoms with Gasteiger partial charge in [-0.2, -0.15) is 0 Å². The molecule has 0 saturated heterocycles. The van der Waals surface area contributed by atoms with Gasteiger partial charge in [-0.15, -0.1) is 0 Å². The van der Waals surface area contributed by atoms with Crippen LogP contribution < -0.4 is 5.32 Å². The van der Waals surface area contributed by atoms with Crippen LogP contribution in [0.1, 0.15) is 5.69 Å². The average Bonchev–Trinajstić information content (AvgIpc) is 2.76. The molecule has 0 spiro atoms. The van der Waals surface area contributed by atoms with E-state index in [1.807, 2.05) is 54.6 Å². The number of nitrogens with zero attached hydrogens (tertiary/aromatic N) is 5. The molecule has 0 aliphatic rings. The van der Waals surface area contributed by atoms with E-state index in [0.29, 0.717) is 5.82 Å². The van der Waals surface area contributed by atoms with Crippen molar-refractivity contribution < 1.29 is 0 Å². The maximum absolute atomic E-state index is 4.67. The highest BCUT2D eigenvalue weighted by Gasteiger charge is 2.09. The summed E-state index contributed by atoms with van der Waals surface area (Å²) >= 11 is 0. The van der Waals surface area contributed by atoms with Gasteiger partial charge in [0, 0.05) is 55.1 Å². The van der Waals surface area contributed by atoms with Gasteiger partial charge in [-0.1, -0.05) is 12.1 Å². The molecule has 0 unspecified atom stereocenters. The van der Waals surface area contributed by atoms with Gasteiger partial charge in [0.2, 0.25) is 0 Å². The van der Waals surface area contributed by atoms with Crippen molar-refractivity contribution in [3.63, 3.8) is 0 Å². The van der Waals surface area contributed by atoms with Crippen LogP contribution in [0, 0.1) is 0 Å². The summed E-state index contributed by atoms with van der Waals surface area (Å²) in [5.41, 5.74) is 3.51. The summed E-state index contributed by atoms with van der Waals surface area (Å²) in [6, 6.07) is 17.4. The molecule has 0 aliphatic carbocycles. The highest BCUT2D eigenvalue weighted by atomic mass is 15.0. The van der Waals surface area contributed by atoms with Gasteiger partial charge in [-0.05, 0) is 36.4 Å². The summed E-state index contributed by atoms with van der Waals surface area (Å²) in [7, 11) is 0. The predicted molar refractivity (Wildman–Crippen MR) is 105 cm³/mol. The van der Waals surface area contributed by atoms with Gasteiger partial charge in [0.1, 0.15) is 11.5 Å². The molecule has 0 amide bonds. The summed E-state index contributed by atoms with van der Waals surface area (Å²) in [5.74, 6) is 1.33. The number of pyridine rings is 3. The van der Waals surface area contributed by atoms with Gasteiger partial charge in [0.05, 0.1) is 5.69 Å². The van der Waals surface area contributed by atoms with E-state index in [9.17, 15) is 0 Å². The van der Waals surface area contributed by atoms with Crippen LogP contribution in [0.25, 0.3) is 22.8 Å². The third-order valence-corrected chi connectivity index (χ3v) is 3.99. The van der Waals surface area contributed by atoms with E-state index >= 15 is 0 Å². The summed E-state index contributed by atoms with van der Waals surface area (Å²) in [5, 5.41) is 3.37. The summed E-state index contributed by atoms with van der Waals surface area (Å²) in [6.07, 6.45) is 7.90. The predicted octanol–water partition coefficient (Wildman–Crippen LogP) is 3.65. The summed E-state index contributed by atoms with van der Waals surface area (Å²) < 4.78 is 0. The fourth-order valence-corrected chi connectivity index (χ4v) is 2.67. The SMILES string of the molecule is c1ccc(CCNc2cc(-c3cccnc3)nc(-c3ccccn3)n2)nc1. The van der Waals surface area contributed by atoms with Gasteiger partial charge in [0.25, 0.3) is 0 Å². The van der Waals surface area contributed by atoms with E-state index in [0.717, 1.165) is 41.4 Å². The highest BCUT2D eigenvalue weighted by molar-refractivity contribution is 5.65. The van der Waals surface area contributed by atoms with Crippen molar-refractivity contribution in [1.29, 1.82) is 0 Å². The molecule has 0 saturated carbocycles. The molecule has 4 aromatic rings. The number of hydrogen-bond donors (Lipinski definition) is 1. The number of aromatic nitrogens is 5. The van der Waals surface area contributed by atoms with Crippen molar-refractivity contribution in [3.05, 3.63) is 85.1 Å². The molecule has 1 N–H and O–H groups in total. The van der Waals surface area contributed by atoms with Crippen molar-refractivity contribution in [2.75, 3.05) is 11.9 Å².